The standard InChI is InChI=1S/C12H19N3O2S/c1-2-9-11(12(16)17)18-10(14-9)8-15-6-3-4-13-5-7-15/h13H,2-8H2,1H3,(H,16,17). The van der Waals surface area contributed by atoms with Gasteiger partial charge in [-0.2, -0.15) is 0 Å². The number of carbonyl (C=O) groups is 1. The number of aryl methyl sites for hydroxylation is 1. The first-order valence-electron chi connectivity index (χ1n) is 6.35. The molecule has 6 heteroatoms. The van der Waals surface area contributed by atoms with Crippen LogP contribution in [0.1, 0.15) is 33.7 Å². The molecule has 0 atom stereocenters. The minimum Gasteiger partial charge on any atom is -0.477 e. The number of carboxylic acids is 1. The molecule has 5 nitrogen and oxygen atoms in total. The van der Waals surface area contributed by atoms with Crippen molar-refractivity contribution in [2.75, 3.05) is 26.2 Å². The predicted molar refractivity (Wildman–Crippen MR) is 71.2 cm³/mol. The molecule has 1 aliphatic rings. The Bertz CT molecular complexity index is 411. The summed E-state index contributed by atoms with van der Waals surface area (Å²) >= 11 is 1.32. The quantitative estimate of drug-likeness (QED) is 0.860. The fraction of sp³-hybridized carbons (Fsp3) is 0.667. The zero-order chi connectivity index (χ0) is 13.0. The van der Waals surface area contributed by atoms with Crippen LogP contribution in [0.2, 0.25) is 0 Å². The minimum atomic E-state index is -0.854. The summed E-state index contributed by atoms with van der Waals surface area (Å²) in [4.78, 5) is 18.3. The summed E-state index contributed by atoms with van der Waals surface area (Å²) in [5.74, 6) is -0.854. The summed E-state index contributed by atoms with van der Waals surface area (Å²) in [5.41, 5.74) is 0.718. The van der Waals surface area contributed by atoms with E-state index >= 15 is 0 Å². The van der Waals surface area contributed by atoms with Crippen LogP contribution in [0.25, 0.3) is 0 Å². The summed E-state index contributed by atoms with van der Waals surface area (Å²) in [6, 6.07) is 0. The lowest BCUT2D eigenvalue weighted by Gasteiger charge is -2.17. The number of hydrogen-bond donors (Lipinski definition) is 2. The van der Waals surface area contributed by atoms with Crippen LogP contribution >= 0.6 is 11.3 Å². The van der Waals surface area contributed by atoms with Gasteiger partial charge in [0.15, 0.2) is 0 Å². The molecule has 100 valence electrons. The molecule has 0 aromatic carbocycles. The van der Waals surface area contributed by atoms with E-state index in [0.717, 1.165) is 49.8 Å². The third kappa shape index (κ3) is 3.28. The topological polar surface area (TPSA) is 65.5 Å². The van der Waals surface area contributed by atoms with Gasteiger partial charge < -0.3 is 10.4 Å². The average Bonchev–Trinajstić information content (AvgIpc) is 2.58. The molecule has 0 unspecified atom stereocenters. The molecule has 18 heavy (non-hydrogen) atoms. The van der Waals surface area contributed by atoms with Crippen molar-refractivity contribution in [2.24, 2.45) is 0 Å². The first kappa shape index (κ1) is 13.5. The molecular weight excluding hydrogens is 250 g/mol. The second-order valence-electron chi connectivity index (χ2n) is 4.42. The number of hydrogen-bond acceptors (Lipinski definition) is 5. The Morgan fingerprint density at radius 1 is 1.50 bits per heavy atom. The van der Waals surface area contributed by atoms with Crippen LogP contribution in [0.4, 0.5) is 0 Å². The van der Waals surface area contributed by atoms with E-state index < -0.39 is 5.97 Å². The van der Waals surface area contributed by atoms with Gasteiger partial charge in [0.05, 0.1) is 12.2 Å². The maximum Gasteiger partial charge on any atom is 0.347 e. The number of aromatic nitrogens is 1. The smallest absolute Gasteiger partial charge is 0.347 e. The first-order chi connectivity index (χ1) is 8.70. The van der Waals surface area contributed by atoms with E-state index in [0.29, 0.717) is 11.3 Å². The van der Waals surface area contributed by atoms with Crippen LogP contribution in [0.5, 0.6) is 0 Å². The Hall–Kier alpha value is -0.980. The Morgan fingerprint density at radius 3 is 3.00 bits per heavy atom. The fourth-order valence-electron chi connectivity index (χ4n) is 2.13. The van der Waals surface area contributed by atoms with E-state index in [4.69, 9.17) is 5.11 Å². The van der Waals surface area contributed by atoms with Crippen LogP contribution in [0, 0.1) is 0 Å². The van der Waals surface area contributed by atoms with E-state index in [1.807, 2.05) is 6.92 Å². The monoisotopic (exact) mass is 269 g/mol. The molecule has 1 aromatic rings. The summed E-state index contributed by atoms with van der Waals surface area (Å²) < 4.78 is 0. The normalized spacial score (nSPS) is 17.6. The van der Waals surface area contributed by atoms with Crippen molar-refractivity contribution < 1.29 is 9.90 Å². The van der Waals surface area contributed by atoms with Crippen molar-refractivity contribution in [1.29, 1.82) is 0 Å². The molecule has 0 saturated carbocycles. The van der Waals surface area contributed by atoms with Crippen LogP contribution in [0.3, 0.4) is 0 Å². The molecule has 0 spiro atoms. The van der Waals surface area contributed by atoms with Gasteiger partial charge in [0.25, 0.3) is 0 Å². The lowest BCUT2D eigenvalue weighted by molar-refractivity contribution is 0.0701. The van der Waals surface area contributed by atoms with Gasteiger partial charge in [-0.05, 0) is 25.9 Å². The van der Waals surface area contributed by atoms with Gasteiger partial charge in [-0.15, -0.1) is 11.3 Å². The van der Waals surface area contributed by atoms with Gasteiger partial charge in [0.2, 0.25) is 0 Å². The number of carboxylic acid groups (broad SMARTS) is 1. The highest BCUT2D eigenvalue weighted by Gasteiger charge is 2.18. The second-order valence-corrected chi connectivity index (χ2v) is 5.51. The average molecular weight is 269 g/mol. The Labute approximate surface area is 111 Å². The van der Waals surface area contributed by atoms with Gasteiger partial charge in [-0.25, -0.2) is 9.78 Å². The maximum atomic E-state index is 11.1. The van der Waals surface area contributed by atoms with Crippen molar-refractivity contribution in [2.45, 2.75) is 26.3 Å². The Balaban J connectivity index is 2.06. The van der Waals surface area contributed by atoms with E-state index in [-0.39, 0.29) is 0 Å². The second kappa shape index (κ2) is 6.26. The van der Waals surface area contributed by atoms with Gasteiger partial charge >= 0.3 is 5.97 Å². The van der Waals surface area contributed by atoms with Gasteiger partial charge in [-0.3, -0.25) is 4.90 Å². The number of nitrogens with zero attached hydrogens (tertiary/aromatic N) is 2. The van der Waals surface area contributed by atoms with E-state index in [1.165, 1.54) is 11.3 Å². The largest absolute Gasteiger partial charge is 0.477 e. The summed E-state index contributed by atoms with van der Waals surface area (Å²) in [5, 5.41) is 13.4. The van der Waals surface area contributed by atoms with Crippen molar-refractivity contribution in [3.8, 4) is 0 Å². The van der Waals surface area contributed by atoms with Gasteiger partial charge in [0.1, 0.15) is 9.88 Å². The fourth-order valence-corrected chi connectivity index (χ4v) is 3.16. The highest BCUT2D eigenvalue weighted by molar-refractivity contribution is 7.13. The summed E-state index contributed by atoms with van der Waals surface area (Å²) in [6.45, 7) is 6.83. The molecule has 0 aliphatic carbocycles. The lowest BCUT2D eigenvalue weighted by Crippen LogP contribution is -2.27. The molecule has 2 N–H and O–H groups in total. The highest BCUT2D eigenvalue weighted by Crippen LogP contribution is 2.20. The van der Waals surface area contributed by atoms with Gasteiger partial charge in [0, 0.05) is 13.1 Å². The Kier molecular flexibility index (Phi) is 4.68. The third-order valence-corrected chi connectivity index (χ3v) is 4.13. The molecule has 1 aromatic heterocycles. The van der Waals surface area contributed by atoms with E-state index in [2.05, 4.69) is 15.2 Å². The van der Waals surface area contributed by atoms with Crippen LogP contribution in [-0.2, 0) is 13.0 Å². The SMILES string of the molecule is CCc1nc(CN2CCCNCC2)sc1C(=O)O. The molecule has 1 saturated heterocycles. The lowest BCUT2D eigenvalue weighted by atomic mass is 10.3. The van der Waals surface area contributed by atoms with Crippen molar-refractivity contribution in [3.63, 3.8) is 0 Å². The summed E-state index contributed by atoms with van der Waals surface area (Å²) in [7, 11) is 0. The van der Waals surface area contributed by atoms with Crippen molar-refractivity contribution in [1.82, 2.24) is 15.2 Å². The maximum absolute atomic E-state index is 11.1. The van der Waals surface area contributed by atoms with E-state index in [1.54, 1.807) is 0 Å². The summed E-state index contributed by atoms with van der Waals surface area (Å²) in [6.07, 6.45) is 1.82. The predicted octanol–water partition coefficient (Wildman–Crippen LogP) is 1.20. The molecule has 1 fully saturated rings. The first-order valence-corrected chi connectivity index (χ1v) is 7.17. The number of aromatic carboxylic acids is 1. The molecule has 0 radical (unpaired) electrons. The molecule has 2 heterocycles. The van der Waals surface area contributed by atoms with Crippen molar-refractivity contribution >= 4 is 17.3 Å². The molecule has 2 rings (SSSR count). The minimum absolute atomic E-state index is 0.403. The number of nitrogens with one attached hydrogen (secondary N) is 1. The van der Waals surface area contributed by atoms with Crippen LogP contribution < -0.4 is 5.32 Å². The molecule has 0 bridgehead atoms. The highest BCUT2D eigenvalue weighted by atomic mass is 32.1. The number of thiazole rings is 1. The zero-order valence-electron chi connectivity index (χ0n) is 10.6. The van der Waals surface area contributed by atoms with Gasteiger partial charge in [-0.1, -0.05) is 6.92 Å². The Morgan fingerprint density at radius 2 is 2.33 bits per heavy atom. The van der Waals surface area contributed by atoms with Crippen LogP contribution in [-0.4, -0.2) is 47.1 Å². The third-order valence-electron chi connectivity index (χ3n) is 3.06. The molecular formula is C12H19N3O2S. The number of rotatable bonds is 4. The van der Waals surface area contributed by atoms with Crippen molar-refractivity contribution in [3.05, 3.63) is 15.6 Å². The zero-order valence-corrected chi connectivity index (χ0v) is 11.4. The molecule has 0 amide bonds. The van der Waals surface area contributed by atoms with Crippen LogP contribution in [0.15, 0.2) is 0 Å². The van der Waals surface area contributed by atoms with E-state index in [9.17, 15) is 4.79 Å². The molecule has 1 aliphatic heterocycles.